The minimum Gasteiger partial charge on any atom is -0.334 e. The molecule has 0 bridgehead atoms. The molecule has 0 fully saturated rings. The molecule has 0 saturated carbocycles. The number of anilines is 1. The molecule has 23 heavy (non-hydrogen) atoms. The Morgan fingerprint density at radius 3 is 2.48 bits per heavy atom. The van der Waals surface area contributed by atoms with Crippen LogP contribution in [0, 0.1) is 11.6 Å². The van der Waals surface area contributed by atoms with Crippen molar-refractivity contribution in [3.63, 3.8) is 0 Å². The second-order valence-corrected chi connectivity index (χ2v) is 4.70. The van der Waals surface area contributed by atoms with Gasteiger partial charge in [-0.25, -0.2) is 8.78 Å². The third-order valence-corrected chi connectivity index (χ3v) is 3.04. The van der Waals surface area contributed by atoms with Gasteiger partial charge in [0.05, 0.1) is 17.7 Å². The molecule has 0 unspecified atom stereocenters. The van der Waals surface area contributed by atoms with Gasteiger partial charge in [-0.3, -0.25) is 4.79 Å². The Labute approximate surface area is 130 Å². The van der Waals surface area contributed by atoms with E-state index in [2.05, 4.69) is 15.5 Å². The Kier molecular flexibility index (Phi) is 4.09. The van der Waals surface area contributed by atoms with Gasteiger partial charge in [0.2, 0.25) is 5.91 Å². The number of amides is 1. The topological polar surface area (TPSA) is 68.0 Å². The van der Waals surface area contributed by atoms with Crippen molar-refractivity contribution in [3.05, 3.63) is 66.0 Å². The number of carbonyl (C=O) groups is 1. The normalized spacial score (nSPS) is 10.5. The first-order chi connectivity index (χ1) is 11.1. The summed E-state index contributed by atoms with van der Waals surface area (Å²) in [6.07, 6.45) is -0.216. The van der Waals surface area contributed by atoms with Gasteiger partial charge in [-0.1, -0.05) is 29.4 Å². The number of halogens is 2. The van der Waals surface area contributed by atoms with Crippen molar-refractivity contribution < 1.29 is 18.1 Å². The molecule has 116 valence electrons. The standard InChI is InChI=1S/C16H11F2N3O2/c17-11-6-2-1-5-10(11)16-20-14(21-23-16)9-15(22)19-13-8-4-3-7-12(13)18/h1-8H,9H2,(H,19,22). The highest BCUT2D eigenvalue weighted by atomic mass is 19.1. The predicted octanol–water partition coefficient (Wildman–Crippen LogP) is 3.20. The van der Waals surface area contributed by atoms with Gasteiger partial charge in [-0.15, -0.1) is 0 Å². The first kappa shape index (κ1) is 14.8. The lowest BCUT2D eigenvalue weighted by atomic mass is 10.2. The monoisotopic (exact) mass is 315 g/mol. The molecule has 0 radical (unpaired) electrons. The molecule has 0 saturated heterocycles. The van der Waals surface area contributed by atoms with Crippen LogP contribution < -0.4 is 5.32 Å². The quantitative estimate of drug-likeness (QED) is 0.803. The van der Waals surface area contributed by atoms with Gasteiger partial charge < -0.3 is 9.84 Å². The van der Waals surface area contributed by atoms with Crippen molar-refractivity contribution in [2.75, 3.05) is 5.32 Å². The molecular weight excluding hydrogens is 304 g/mol. The molecule has 0 aliphatic heterocycles. The van der Waals surface area contributed by atoms with Gasteiger partial charge in [0.1, 0.15) is 11.6 Å². The van der Waals surface area contributed by atoms with Crippen molar-refractivity contribution in [1.82, 2.24) is 10.1 Å². The molecule has 1 N–H and O–H groups in total. The van der Waals surface area contributed by atoms with E-state index in [4.69, 9.17) is 4.52 Å². The molecule has 0 spiro atoms. The van der Waals surface area contributed by atoms with Crippen LogP contribution in [0.5, 0.6) is 0 Å². The van der Waals surface area contributed by atoms with Gasteiger partial charge in [-0.2, -0.15) is 4.98 Å². The highest BCUT2D eigenvalue weighted by Gasteiger charge is 2.15. The Morgan fingerprint density at radius 2 is 1.74 bits per heavy atom. The first-order valence-electron chi connectivity index (χ1n) is 6.75. The summed E-state index contributed by atoms with van der Waals surface area (Å²) in [4.78, 5) is 15.8. The summed E-state index contributed by atoms with van der Waals surface area (Å²) in [6, 6.07) is 11.7. The van der Waals surface area contributed by atoms with Crippen molar-refractivity contribution in [2.45, 2.75) is 6.42 Å². The van der Waals surface area contributed by atoms with E-state index in [0.717, 1.165) is 0 Å². The second kappa shape index (κ2) is 6.35. The van der Waals surface area contributed by atoms with Crippen LogP contribution in [-0.4, -0.2) is 16.0 Å². The highest BCUT2D eigenvalue weighted by molar-refractivity contribution is 5.91. The Balaban J connectivity index is 1.71. The largest absolute Gasteiger partial charge is 0.334 e. The maximum Gasteiger partial charge on any atom is 0.260 e. The van der Waals surface area contributed by atoms with E-state index in [1.54, 1.807) is 12.1 Å². The number of nitrogens with one attached hydrogen (secondary N) is 1. The summed E-state index contributed by atoms with van der Waals surface area (Å²) in [6.45, 7) is 0. The van der Waals surface area contributed by atoms with Crippen molar-refractivity contribution in [3.8, 4) is 11.5 Å². The SMILES string of the molecule is O=C(Cc1noc(-c2ccccc2F)n1)Nc1ccccc1F. The van der Waals surface area contributed by atoms with Gasteiger partial charge >= 0.3 is 0 Å². The molecule has 0 aliphatic carbocycles. The molecular formula is C16H11F2N3O2. The fraction of sp³-hybridized carbons (Fsp3) is 0.0625. The smallest absolute Gasteiger partial charge is 0.260 e. The van der Waals surface area contributed by atoms with Crippen LogP contribution >= 0.6 is 0 Å². The number of benzene rings is 2. The average Bonchev–Trinajstić information content (AvgIpc) is 2.98. The molecule has 0 aliphatic rings. The predicted molar refractivity (Wildman–Crippen MR) is 78.4 cm³/mol. The lowest BCUT2D eigenvalue weighted by Crippen LogP contribution is -2.16. The third kappa shape index (κ3) is 3.39. The Bertz CT molecular complexity index is 849. The van der Waals surface area contributed by atoms with Crippen molar-refractivity contribution >= 4 is 11.6 Å². The summed E-state index contributed by atoms with van der Waals surface area (Å²) in [5.41, 5.74) is 0.219. The molecule has 2 aromatic carbocycles. The van der Waals surface area contributed by atoms with Crippen LogP contribution in [0.4, 0.5) is 14.5 Å². The zero-order valence-electron chi connectivity index (χ0n) is 11.8. The van der Waals surface area contributed by atoms with E-state index < -0.39 is 17.5 Å². The van der Waals surface area contributed by atoms with E-state index in [1.807, 2.05) is 0 Å². The number of para-hydroxylation sites is 1. The fourth-order valence-corrected chi connectivity index (χ4v) is 1.97. The summed E-state index contributed by atoms with van der Waals surface area (Å²) < 4.78 is 32.0. The summed E-state index contributed by atoms with van der Waals surface area (Å²) in [5.74, 6) is -1.48. The maximum atomic E-state index is 13.6. The molecule has 7 heteroatoms. The average molecular weight is 315 g/mol. The van der Waals surface area contributed by atoms with E-state index in [1.165, 1.54) is 36.4 Å². The Hall–Kier alpha value is -3.09. The molecule has 5 nitrogen and oxygen atoms in total. The lowest BCUT2D eigenvalue weighted by molar-refractivity contribution is -0.115. The minimum atomic E-state index is -0.541. The molecule has 1 aromatic heterocycles. The first-order valence-corrected chi connectivity index (χ1v) is 6.75. The number of nitrogens with zero attached hydrogens (tertiary/aromatic N) is 2. The van der Waals surface area contributed by atoms with E-state index in [9.17, 15) is 13.6 Å². The van der Waals surface area contributed by atoms with Crippen LogP contribution in [0.2, 0.25) is 0 Å². The van der Waals surface area contributed by atoms with Crippen LogP contribution in [0.25, 0.3) is 11.5 Å². The van der Waals surface area contributed by atoms with Crippen molar-refractivity contribution in [2.24, 2.45) is 0 Å². The van der Waals surface area contributed by atoms with E-state index in [-0.39, 0.29) is 29.4 Å². The summed E-state index contributed by atoms with van der Waals surface area (Å²) in [5, 5.41) is 6.04. The maximum absolute atomic E-state index is 13.6. The van der Waals surface area contributed by atoms with Crippen LogP contribution in [0.15, 0.2) is 53.1 Å². The third-order valence-electron chi connectivity index (χ3n) is 3.04. The van der Waals surface area contributed by atoms with Gasteiger partial charge in [0, 0.05) is 0 Å². The van der Waals surface area contributed by atoms with Gasteiger partial charge in [-0.05, 0) is 24.3 Å². The summed E-state index contributed by atoms with van der Waals surface area (Å²) in [7, 11) is 0. The fourth-order valence-electron chi connectivity index (χ4n) is 1.97. The van der Waals surface area contributed by atoms with Gasteiger partial charge in [0.15, 0.2) is 5.82 Å². The molecule has 3 rings (SSSR count). The zero-order valence-corrected chi connectivity index (χ0v) is 11.8. The van der Waals surface area contributed by atoms with Crippen LogP contribution in [0.3, 0.4) is 0 Å². The molecule has 1 amide bonds. The summed E-state index contributed by atoms with van der Waals surface area (Å²) >= 11 is 0. The van der Waals surface area contributed by atoms with Gasteiger partial charge in [0.25, 0.3) is 5.89 Å². The number of hydrogen-bond donors (Lipinski definition) is 1. The minimum absolute atomic E-state index is 0.0169. The van der Waals surface area contributed by atoms with Crippen molar-refractivity contribution in [1.29, 1.82) is 0 Å². The Morgan fingerprint density at radius 1 is 1.04 bits per heavy atom. The van der Waals surface area contributed by atoms with Crippen LogP contribution in [0.1, 0.15) is 5.82 Å². The number of aromatic nitrogens is 2. The molecule has 3 aromatic rings. The zero-order chi connectivity index (χ0) is 16.2. The molecule has 1 heterocycles. The van der Waals surface area contributed by atoms with Crippen LogP contribution in [-0.2, 0) is 11.2 Å². The molecule has 0 atom stereocenters. The highest BCUT2D eigenvalue weighted by Crippen LogP contribution is 2.20. The second-order valence-electron chi connectivity index (χ2n) is 4.70. The number of rotatable bonds is 4. The van der Waals surface area contributed by atoms with E-state index >= 15 is 0 Å². The van der Waals surface area contributed by atoms with E-state index in [0.29, 0.717) is 0 Å². The lowest BCUT2D eigenvalue weighted by Gasteiger charge is -2.03. The number of carbonyl (C=O) groups excluding carboxylic acids is 1. The number of hydrogen-bond acceptors (Lipinski definition) is 4.